The zero-order valence-corrected chi connectivity index (χ0v) is 19.5. The normalized spacial score (nSPS) is 11.0. The summed E-state index contributed by atoms with van der Waals surface area (Å²) in [6.45, 7) is 5.07. The number of nitrogens with zero attached hydrogens (tertiary/aromatic N) is 4. The average Bonchev–Trinajstić information content (AvgIpc) is 3.46. The van der Waals surface area contributed by atoms with E-state index in [9.17, 15) is 4.79 Å². The number of carbonyl (C=O) groups is 1. The molecule has 4 rings (SSSR count). The molecule has 33 heavy (non-hydrogen) atoms. The van der Waals surface area contributed by atoms with Crippen molar-refractivity contribution < 1.29 is 14.3 Å². The van der Waals surface area contributed by atoms with Crippen molar-refractivity contribution in [1.82, 2.24) is 24.6 Å². The lowest BCUT2D eigenvalue weighted by atomic mass is 10.1. The highest BCUT2D eigenvalue weighted by molar-refractivity contribution is 5.87. The van der Waals surface area contributed by atoms with Crippen LogP contribution < -0.4 is 14.8 Å². The van der Waals surface area contributed by atoms with Crippen molar-refractivity contribution in [2.45, 2.75) is 39.8 Å². The Morgan fingerprint density at radius 2 is 1.88 bits per heavy atom. The van der Waals surface area contributed by atoms with Crippen LogP contribution in [0.2, 0.25) is 0 Å². The zero-order chi connectivity index (χ0) is 23.4. The highest BCUT2D eigenvalue weighted by atomic mass is 16.5. The van der Waals surface area contributed by atoms with Gasteiger partial charge >= 0.3 is 0 Å². The number of benzene rings is 1. The summed E-state index contributed by atoms with van der Waals surface area (Å²) in [7, 11) is 3.21. The molecule has 0 aliphatic heterocycles. The van der Waals surface area contributed by atoms with Gasteiger partial charge < -0.3 is 19.4 Å². The fourth-order valence-electron chi connectivity index (χ4n) is 3.97. The van der Waals surface area contributed by atoms with Crippen molar-refractivity contribution >= 4 is 16.9 Å². The van der Waals surface area contributed by atoms with Crippen molar-refractivity contribution in [3.8, 4) is 17.3 Å². The maximum absolute atomic E-state index is 12.5. The summed E-state index contributed by atoms with van der Waals surface area (Å²) in [5.41, 5.74) is 3.83. The Hall–Kier alpha value is -3.81. The van der Waals surface area contributed by atoms with Crippen molar-refractivity contribution in [2.24, 2.45) is 0 Å². The van der Waals surface area contributed by atoms with Crippen LogP contribution in [0.5, 0.6) is 11.5 Å². The van der Waals surface area contributed by atoms with Gasteiger partial charge in [0.15, 0.2) is 11.5 Å². The van der Waals surface area contributed by atoms with Gasteiger partial charge in [-0.1, -0.05) is 0 Å². The van der Waals surface area contributed by atoms with Crippen LogP contribution in [0.15, 0.2) is 48.8 Å². The molecule has 0 aliphatic rings. The molecule has 0 atom stereocenters. The summed E-state index contributed by atoms with van der Waals surface area (Å²) in [5, 5.41) is 8.83. The van der Waals surface area contributed by atoms with Gasteiger partial charge in [-0.3, -0.25) is 4.79 Å². The quantitative estimate of drug-likeness (QED) is 0.420. The van der Waals surface area contributed by atoms with E-state index < -0.39 is 0 Å². The number of aromatic nitrogens is 4. The number of rotatable bonds is 9. The summed E-state index contributed by atoms with van der Waals surface area (Å²) in [6, 6.07) is 11.6. The zero-order valence-electron chi connectivity index (χ0n) is 19.5. The second-order valence-electron chi connectivity index (χ2n) is 7.97. The van der Waals surface area contributed by atoms with E-state index in [-0.39, 0.29) is 5.91 Å². The van der Waals surface area contributed by atoms with E-state index in [1.807, 2.05) is 58.9 Å². The number of ether oxygens (including phenoxy) is 2. The lowest BCUT2D eigenvalue weighted by molar-refractivity contribution is -0.121. The van der Waals surface area contributed by atoms with E-state index in [1.165, 1.54) is 0 Å². The van der Waals surface area contributed by atoms with Crippen LogP contribution in [0.3, 0.4) is 0 Å². The number of methoxy groups -OCH3 is 2. The molecule has 0 fully saturated rings. The van der Waals surface area contributed by atoms with Crippen molar-refractivity contribution in [3.05, 3.63) is 65.6 Å². The number of amides is 1. The molecule has 0 radical (unpaired) electrons. The average molecular weight is 448 g/mol. The third-order valence-electron chi connectivity index (χ3n) is 5.60. The summed E-state index contributed by atoms with van der Waals surface area (Å²) in [4.78, 5) is 17.2. The number of carbonyl (C=O) groups excluding carboxylic acids is 1. The molecule has 0 unspecified atom stereocenters. The lowest BCUT2D eigenvalue weighted by Crippen LogP contribution is -2.23. The van der Waals surface area contributed by atoms with E-state index in [2.05, 4.69) is 18.3 Å². The van der Waals surface area contributed by atoms with E-state index in [4.69, 9.17) is 19.6 Å². The van der Waals surface area contributed by atoms with E-state index in [0.29, 0.717) is 37.4 Å². The minimum Gasteiger partial charge on any atom is -0.497 e. The topological polar surface area (TPSA) is 83.2 Å². The number of pyridine rings is 1. The largest absolute Gasteiger partial charge is 0.497 e. The Bertz CT molecular complexity index is 1260. The SMILES string of the molecule is COc1ccc(CNC(=O)CCCn2nc(-n3cccc3)c3c(C)cc(C)nc32)c(OC)c1. The van der Waals surface area contributed by atoms with Crippen molar-refractivity contribution in [1.29, 1.82) is 0 Å². The van der Waals surface area contributed by atoms with E-state index >= 15 is 0 Å². The predicted octanol–water partition coefficient (Wildman–Crippen LogP) is 3.95. The predicted molar refractivity (Wildman–Crippen MR) is 127 cm³/mol. The number of aryl methyl sites for hydroxylation is 3. The maximum Gasteiger partial charge on any atom is 0.220 e. The fourth-order valence-corrected chi connectivity index (χ4v) is 3.97. The number of nitrogens with one attached hydrogen (secondary N) is 1. The molecule has 3 aromatic heterocycles. The molecule has 0 spiro atoms. The molecule has 1 aromatic carbocycles. The van der Waals surface area contributed by atoms with Crippen LogP contribution in [0.25, 0.3) is 16.9 Å². The first-order chi connectivity index (χ1) is 16.0. The van der Waals surface area contributed by atoms with Gasteiger partial charge in [-0.25, -0.2) is 9.67 Å². The van der Waals surface area contributed by atoms with Crippen LogP contribution in [-0.4, -0.2) is 39.5 Å². The van der Waals surface area contributed by atoms with Crippen LogP contribution in [-0.2, 0) is 17.9 Å². The summed E-state index contributed by atoms with van der Waals surface area (Å²) in [6.07, 6.45) is 5.00. The lowest BCUT2D eigenvalue weighted by Gasteiger charge is -2.11. The first kappa shape index (κ1) is 22.4. The second-order valence-corrected chi connectivity index (χ2v) is 7.97. The number of hydrogen-bond acceptors (Lipinski definition) is 5. The Morgan fingerprint density at radius 3 is 2.61 bits per heavy atom. The molecule has 4 aromatic rings. The summed E-state index contributed by atoms with van der Waals surface area (Å²) < 4.78 is 14.5. The van der Waals surface area contributed by atoms with Gasteiger partial charge in [-0.2, -0.15) is 5.10 Å². The molecule has 8 heteroatoms. The van der Waals surface area contributed by atoms with Crippen LogP contribution in [0, 0.1) is 13.8 Å². The van der Waals surface area contributed by atoms with Crippen LogP contribution >= 0.6 is 0 Å². The van der Waals surface area contributed by atoms with Gasteiger partial charge in [0.05, 0.1) is 19.6 Å². The van der Waals surface area contributed by atoms with Crippen molar-refractivity contribution in [2.75, 3.05) is 14.2 Å². The molecule has 0 saturated heterocycles. The van der Waals surface area contributed by atoms with E-state index in [1.54, 1.807) is 14.2 Å². The molecule has 1 amide bonds. The Labute approximate surface area is 193 Å². The Kier molecular flexibility index (Phi) is 6.63. The van der Waals surface area contributed by atoms with Gasteiger partial charge in [0.1, 0.15) is 11.5 Å². The molecular formula is C25H29N5O3. The standard InChI is InChI=1S/C25H29N5O3/c1-17-14-18(2)27-24-23(17)25(29-11-5-6-12-29)28-30(24)13-7-8-22(31)26-16-19-9-10-20(32-3)15-21(19)33-4/h5-6,9-12,14-15H,7-8,13,16H2,1-4H3,(H,26,31). The fraction of sp³-hybridized carbons (Fsp3) is 0.320. The van der Waals surface area contributed by atoms with Gasteiger partial charge in [0.25, 0.3) is 0 Å². The number of fused-ring (bicyclic) bond motifs is 1. The van der Waals surface area contributed by atoms with Gasteiger partial charge in [-0.15, -0.1) is 0 Å². The monoisotopic (exact) mass is 447 g/mol. The molecule has 0 saturated carbocycles. The van der Waals surface area contributed by atoms with Gasteiger partial charge in [-0.05, 0) is 56.2 Å². The first-order valence-corrected chi connectivity index (χ1v) is 11.0. The van der Waals surface area contributed by atoms with Gasteiger partial charge in [0, 0.05) is 49.2 Å². The maximum atomic E-state index is 12.5. The minimum atomic E-state index is -0.0183. The smallest absolute Gasteiger partial charge is 0.220 e. The molecule has 172 valence electrons. The van der Waals surface area contributed by atoms with Gasteiger partial charge in [0.2, 0.25) is 5.91 Å². The summed E-state index contributed by atoms with van der Waals surface area (Å²) in [5.74, 6) is 2.24. The molecule has 1 N–H and O–H groups in total. The third-order valence-corrected chi connectivity index (χ3v) is 5.60. The summed E-state index contributed by atoms with van der Waals surface area (Å²) >= 11 is 0. The van der Waals surface area contributed by atoms with Crippen molar-refractivity contribution in [3.63, 3.8) is 0 Å². The Balaban J connectivity index is 1.42. The highest BCUT2D eigenvalue weighted by Gasteiger charge is 2.16. The minimum absolute atomic E-state index is 0.0183. The molecule has 0 bridgehead atoms. The molecular weight excluding hydrogens is 418 g/mol. The second kappa shape index (κ2) is 9.77. The Morgan fingerprint density at radius 1 is 1.09 bits per heavy atom. The van der Waals surface area contributed by atoms with E-state index in [0.717, 1.165) is 33.7 Å². The van der Waals surface area contributed by atoms with Crippen LogP contribution in [0.4, 0.5) is 0 Å². The highest BCUT2D eigenvalue weighted by Crippen LogP contribution is 2.26. The van der Waals surface area contributed by atoms with Crippen LogP contribution in [0.1, 0.15) is 29.7 Å². The third kappa shape index (κ3) is 4.84. The first-order valence-electron chi connectivity index (χ1n) is 11.0. The molecule has 3 heterocycles. The molecule has 8 nitrogen and oxygen atoms in total. The number of hydrogen-bond donors (Lipinski definition) is 1. The molecule has 0 aliphatic carbocycles.